The third-order valence-corrected chi connectivity index (χ3v) is 7.19. The molecule has 2 aliphatic heterocycles. The number of ether oxygens (including phenoxy) is 3. The molecule has 230 valence electrons. The summed E-state index contributed by atoms with van der Waals surface area (Å²) in [6.45, 7) is 14.0. The highest BCUT2D eigenvalue weighted by Gasteiger charge is 2.44. The van der Waals surface area contributed by atoms with E-state index in [-0.39, 0.29) is 33.3 Å². The number of halogens is 2. The fourth-order valence-electron chi connectivity index (χ4n) is 4.68. The monoisotopic (exact) mass is 624 g/mol. The van der Waals surface area contributed by atoms with Gasteiger partial charge in [-0.15, -0.1) is 0 Å². The Balaban J connectivity index is 0.000000235. The van der Waals surface area contributed by atoms with Crippen molar-refractivity contribution in [2.75, 3.05) is 30.6 Å². The molecule has 12 nitrogen and oxygen atoms in total. The van der Waals surface area contributed by atoms with E-state index >= 15 is 0 Å². The highest BCUT2D eigenvalue weighted by atomic mass is 35.5. The summed E-state index contributed by atoms with van der Waals surface area (Å²) < 4.78 is 18.7. The number of hydrogen-bond donors (Lipinski definition) is 0. The Labute approximate surface area is 255 Å². The molecule has 0 aromatic carbocycles. The lowest BCUT2D eigenvalue weighted by atomic mass is 9.92. The smallest absolute Gasteiger partial charge is 0.304 e. The van der Waals surface area contributed by atoms with Gasteiger partial charge in [-0.25, -0.2) is 4.90 Å². The molecule has 2 aromatic rings. The number of aromatic nitrogens is 4. The van der Waals surface area contributed by atoms with Gasteiger partial charge in [0.2, 0.25) is 17.7 Å². The molecule has 4 heterocycles. The van der Waals surface area contributed by atoms with Crippen molar-refractivity contribution in [3.63, 3.8) is 0 Å². The molecule has 0 bridgehead atoms. The van der Waals surface area contributed by atoms with Gasteiger partial charge in [-0.05, 0) is 0 Å². The first kappa shape index (κ1) is 33.0. The fourth-order valence-corrected chi connectivity index (χ4v) is 5.25. The number of carbonyl (C=O) groups is 3. The van der Waals surface area contributed by atoms with Crippen molar-refractivity contribution in [1.29, 1.82) is 0 Å². The van der Waals surface area contributed by atoms with Crippen molar-refractivity contribution < 1.29 is 28.6 Å². The van der Waals surface area contributed by atoms with Crippen LogP contribution in [0.5, 0.6) is 0 Å². The summed E-state index contributed by atoms with van der Waals surface area (Å²) in [6, 6.07) is 3.69. The average Bonchev–Trinajstić information content (AvgIpc) is 3.57. The highest BCUT2D eigenvalue weighted by molar-refractivity contribution is 6.35. The Morgan fingerprint density at radius 2 is 1.33 bits per heavy atom. The Bertz CT molecular complexity index is 1460. The first-order valence-corrected chi connectivity index (χ1v) is 13.9. The largest absolute Gasteiger partial charge is 0.490 e. The fraction of sp³-hybridized carbons (Fsp3) is 0.536. The van der Waals surface area contributed by atoms with E-state index in [0.717, 1.165) is 11.4 Å². The second kappa shape index (κ2) is 12.0. The Morgan fingerprint density at radius 1 is 0.857 bits per heavy atom. The zero-order valence-corrected chi connectivity index (χ0v) is 27.3. The first-order chi connectivity index (χ1) is 19.3. The minimum Gasteiger partial charge on any atom is -0.490 e. The summed E-state index contributed by atoms with van der Waals surface area (Å²) in [5.74, 6) is -0.212. The van der Waals surface area contributed by atoms with Gasteiger partial charge in [-0.2, -0.15) is 10.2 Å². The third kappa shape index (κ3) is 6.44. The van der Waals surface area contributed by atoms with Crippen molar-refractivity contribution >= 4 is 52.6 Å². The topological polar surface area (TPSA) is 121 Å². The number of nitrogens with zero attached hydrogens (tertiary/aromatic N) is 6. The van der Waals surface area contributed by atoms with E-state index in [1.54, 1.807) is 22.5 Å². The molecule has 1 atom stereocenters. The molecular formula is C28H38Cl2N6O6. The van der Waals surface area contributed by atoms with Crippen molar-refractivity contribution in [2.45, 2.75) is 65.5 Å². The normalized spacial score (nSPS) is 17.7. The molecule has 0 saturated carbocycles. The number of hydrogen-bond acceptors (Lipinski definition) is 8. The summed E-state index contributed by atoms with van der Waals surface area (Å²) >= 11 is 12.2. The number of aryl methyl sites for hydroxylation is 2. The maximum atomic E-state index is 12.5. The Kier molecular flexibility index (Phi) is 9.43. The number of esters is 1. The van der Waals surface area contributed by atoms with Crippen molar-refractivity contribution in [3.05, 3.63) is 45.1 Å². The van der Waals surface area contributed by atoms with Crippen molar-refractivity contribution in [1.82, 2.24) is 19.6 Å². The van der Waals surface area contributed by atoms with Crippen LogP contribution < -0.4 is 9.80 Å². The van der Waals surface area contributed by atoms with Crippen LogP contribution in [0.2, 0.25) is 0 Å². The molecule has 42 heavy (non-hydrogen) atoms. The zero-order chi connectivity index (χ0) is 31.9. The van der Waals surface area contributed by atoms with Gasteiger partial charge in [-0.1, -0.05) is 64.7 Å². The number of amides is 2. The molecule has 2 aromatic heterocycles. The van der Waals surface area contributed by atoms with E-state index in [9.17, 15) is 14.4 Å². The van der Waals surface area contributed by atoms with Gasteiger partial charge in [0.1, 0.15) is 5.03 Å². The summed E-state index contributed by atoms with van der Waals surface area (Å²) in [7, 11) is 6.44. The maximum absolute atomic E-state index is 12.5. The molecular weight excluding hydrogens is 587 g/mol. The van der Waals surface area contributed by atoms with Crippen LogP contribution in [0.15, 0.2) is 33.7 Å². The summed E-state index contributed by atoms with van der Waals surface area (Å²) in [5, 5.41) is 9.19. The van der Waals surface area contributed by atoms with Gasteiger partial charge < -0.3 is 14.2 Å². The van der Waals surface area contributed by atoms with Crippen LogP contribution in [0.3, 0.4) is 0 Å². The SMILES string of the molecule is COC1=C(Cl)C(OC(C)=O)N(c2cc(C(C)(C)C)n(C)n2)C1=O.COC1=C(Cl)CN(c2cc(C(C)(C)C)n(C)n2)C1=O. The second-order valence-electron chi connectivity index (χ2n) is 11.9. The van der Waals surface area contributed by atoms with Crippen LogP contribution in [0.1, 0.15) is 59.9 Å². The molecule has 0 fully saturated rings. The lowest BCUT2D eigenvalue weighted by Crippen LogP contribution is -2.38. The molecule has 0 aliphatic carbocycles. The number of carbonyl (C=O) groups excluding carboxylic acids is 3. The lowest BCUT2D eigenvalue weighted by molar-refractivity contribution is -0.144. The molecule has 0 N–H and O–H groups in total. The molecule has 0 spiro atoms. The van der Waals surface area contributed by atoms with Crippen LogP contribution in [0, 0.1) is 0 Å². The van der Waals surface area contributed by atoms with Crippen LogP contribution >= 0.6 is 23.2 Å². The molecule has 1 unspecified atom stereocenters. The minimum absolute atomic E-state index is 0.0238. The van der Waals surface area contributed by atoms with E-state index < -0.39 is 18.1 Å². The minimum atomic E-state index is -1.07. The molecule has 0 saturated heterocycles. The average molecular weight is 626 g/mol. The van der Waals surface area contributed by atoms with Gasteiger partial charge in [0.15, 0.2) is 11.6 Å². The van der Waals surface area contributed by atoms with E-state index in [2.05, 4.69) is 31.0 Å². The van der Waals surface area contributed by atoms with Gasteiger partial charge in [0.25, 0.3) is 11.8 Å². The van der Waals surface area contributed by atoms with Crippen molar-refractivity contribution in [2.24, 2.45) is 14.1 Å². The first-order valence-electron chi connectivity index (χ1n) is 13.1. The molecule has 4 rings (SSSR count). The maximum Gasteiger partial charge on any atom is 0.304 e. The summed E-state index contributed by atoms with van der Waals surface area (Å²) in [4.78, 5) is 38.7. The highest BCUT2D eigenvalue weighted by Crippen LogP contribution is 2.36. The standard InChI is InChI=1S/C15H20ClN3O4.C13H18ClN3O2/c1-8(20)23-14-11(16)12(22-6)13(21)19(14)10-7-9(15(2,3)4)18(5)17-10;1-13(2,3)9-6-10(15-16(9)4)17-7-8(14)11(19-5)12(17)18/h7,14H,1-6H3;6H,7H2,1-5H3. The zero-order valence-electron chi connectivity index (χ0n) is 25.8. The summed E-state index contributed by atoms with van der Waals surface area (Å²) in [5.41, 5.74) is 1.77. The summed E-state index contributed by atoms with van der Waals surface area (Å²) in [6.07, 6.45) is -1.07. The van der Waals surface area contributed by atoms with E-state index in [0.29, 0.717) is 23.2 Å². The van der Waals surface area contributed by atoms with E-state index in [4.69, 9.17) is 37.4 Å². The van der Waals surface area contributed by atoms with Crippen LogP contribution in [0.25, 0.3) is 0 Å². The van der Waals surface area contributed by atoms with E-state index in [1.807, 2.05) is 33.9 Å². The predicted molar refractivity (Wildman–Crippen MR) is 159 cm³/mol. The molecule has 2 aliphatic rings. The molecule has 0 radical (unpaired) electrons. The van der Waals surface area contributed by atoms with Crippen LogP contribution in [-0.2, 0) is 53.5 Å². The molecule has 2 amide bonds. The van der Waals surface area contributed by atoms with Crippen LogP contribution in [0.4, 0.5) is 11.6 Å². The Hall–Kier alpha value is -3.51. The third-order valence-electron chi connectivity index (χ3n) is 6.54. The Morgan fingerprint density at radius 3 is 1.74 bits per heavy atom. The molecule has 14 heteroatoms. The van der Waals surface area contributed by atoms with E-state index in [1.165, 1.54) is 30.9 Å². The lowest BCUT2D eigenvalue weighted by Gasteiger charge is -2.22. The number of anilines is 2. The van der Waals surface area contributed by atoms with Gasteiger partial charge in [-0.3, -0.25) is 28.6 Å². The quantitative estimate of drug-likeness (QED) is 0.454. The van der Waals surface area contributed by atoms with Crippen molar-refractivity contribution in [3.8, 4) is 0 Å². The van der Waals surface area contributed by atoms with Gasteiger partial charge in [0.05, 0.1) is 25.8 Å². The number of methoxy groups -OCH3 is 2. The second-order valence-corrected chi connectivity index (χ2v) is 12.7. The van der Waals surface area contributed by atoms with Gasteiger partial charge >= 0.3 is 5.97 Å². The van der Waals surface area contributed by atoms with Crippen LogP contribution in [-0.4, -0.2) is 64.3 Å². The van der Waals surface area contributed by atoms with Gasteiger partial charge in [0, 0.05) is 55.4 Å². The number of rotatable bonds is 5. The predicted octanol–water partition coefficient (Wildman–Crippen LogP) is 4.21.